The highest BCUT2D eigenvalue weighted by atomic mass is 32.1. The van der Waals surface area contributed by atoms with Crippen molar-refractivity contribution in [2.45, 2.75) is 6.10 Å². The molecule has 0 radical (unpaired) electrons. The summed E-state index contributed by atoms with van der Waals surface area (Å²) in [4.78, 5) is 14.8. The zero-order chi connectivity index (χ0) is 13.0. The Bertz CT molecular complexity index is 406. The molecule has 100 valence electrons. The van der Waals surface area contributed by atoms with Gasteiger partial charge in [0.25, 0.3) is 5.91 Å². The number of carbonyl (C=O) groups excluding carboxylic acids is 1. The van der Waals surface area contributed by atoms with Gasteiger partial charge in [-0.1, -0.05) is 0 Å². The molecule has 1 saturated heterocycles. The van der Waals surface area contributed by atoms with Crippen molar-refractivity contribution in [3.63, 3.8) is 0 Å². The van der Waals surface area contributed by atoms with Gasteiger partial charge in [0.15, 0.2) is 0 Å². The third-order valence-corrected chi connectivity index (χ3v) is 3.78. The Balaban J connectivity index is 1.99. The molecule has 1 amide bonds. The highest BCUT2D eigenvalue weighted by Crippen LogP contribution is 2.23. The molecule has 6 heteroatoms. The number of hydrogen-bond donors (Lipinski definition) is 1. The minimum atomic E-state index is 0.0627. The van der Waals surface area contributed by atoms with Gasteiger partial charge in [-0.3, -0.25) is 4.79 Å². The van der Waals surface area contributed by atoms with Crippen molar-refractivity contribution >= 4 is 17.2 Å². The van der Waals surface area contributed by atoms with Gasteiger partial charge < -0.3 is 19.7 Å². The number of rotatable bonds is 4. The average molecular weight is 270 g/mol. The molecule has 1 aliphatic rings. The van der Waals surface area contributed by atoms with E-state index in [-0.39, 0.29) is 12.0 Å². The van der Waals surface area contributed by atoms with Crippen LogP contribution in [0.25, 0.3) is 0 Å². The number of carbonyl (C=O) groups is 1. The molecule has 1 aromatic heterocycles. The van der Waals surface area contributed by atoms with Crippen LogP contribution in [0.3, 0.4) is 0 Å². The first-order valence-corrected chi connectivity index (χ1v) is 6.80. The Hall–Kier alpha value is -1.11. The van der Waals surface area contributed by atoms with Crippen LogP contribution in [-0.2, 0) is 4.74 Å². The molecule has 2 heterocycles. The van der Waals surface area contributed by atoms with Gasteiger partial charge in [-0.05, 0) is 7.05 Å². The van der Waals surface area contributed by atoms with Crippen LogP contribution in [0.4, 0.5) is 0 Å². The number of morpholine rings is 1. The molecule has 1 aromatic rings. The summed E-state index contributed by atoms with van der Waals surface area (Å²) in [6, 6.07) is 1.79. The summed E-state index contributed by atoms with van der Waals surface area (Å²) >= 11 is 1.42. The molecule has 5 nitrogen and oxygen atoms in total. The molecule has 18 heavy (non-hydrogen) atoms. The molecule has 0 bridgehead atoms. The fourth-order valence-corrected chi connectivity index (χ4v) is 2.77. The molecule has 0 aliphatic carbocycles. The second-order valence-corrected chi connectivity index (χ2v) is 5.06. The molecule has 1 fully saturated rings. The fraction of sp³-hybridized carbons (Fsp3) is 0.583. The third kappa shape index (κ3) is 3.01. The van der Waals surface area contributed by atoms with E-state index in [0.717, 1.165) is 17.2 Å². The summed E-state index contributed by atoms with van der Waals surface area (Å²) in [5.41, 5.74) is 0. The molecule has 1 aliphatic heterocycles. The van der Waals surface area contributed by atoms with Crippen LogP contribution in [0.1, 0.15) is 9.67 Å². The highest BCUT2D eigenvalue weighted by molar-refractivity contribution is 7.12. The van der Waals surface area contributed by atoms with Crippen LogP contribution in [-0.4, -0.2) is 57.3 Å². The van der Waals surface area contributed by atoms with Crippen molar-refractivity contribution < 1.29 is 14.3 Å². The Kier molecular flexibility index (Phi) is 4.57. The van der Waals surface area contributed by atoms with E-state index in [4.69, 9.17) is 9.47 Å². The highest BCUT2D eigenvalue weighted by Gasteiger charge is 2.25. The molecule has 1 atom stereocenters. The van der Waals surface area contributed by atoms with Crippen LogP contribution in [0.5, 0.6) is 5.75 Å². The third-order valence-electron chi connectivity index (χ3n) is 2.88. The molecule has 0 aromatic carbocycles. The van der Waals surface area contributed by atoms with Crippen molar-refractivity contribution in [1.29, 1.82) is 0 Å². The lowest BCUT2D eigenvalue weighted by Gasteiger charge is -2.32. The Morgan fingerprint density at radius 1 is 1.72 bits per heavy atom. The van der Waals surface area contributed by atoms with Crippen molar-refractivity contribution in [3.8, 4) is 5.75 Å². The van der Waals surface area contributed by atoms with Gasteiger partial charge in [0, 0.05) is 31.1 Å². The number of nitrogens with zero attached hydrogens (tertiary/aromatic N) is 1. The number of ether oxygens (including phenoxy) is 2. The maximum absolute atomic E-state index is 12.3. The van der Waals surface area contributed by atoms with Crippen LogP contribution in [0.15, 0.2) is 11.4 Å². The van der Waals surface area contributed by atoms with E-state index in [1.165, 1.54) is 11.3 Å². The second-order valence-electron chi connectivity index (χ2n) is 4.15. The van der Waals surface area contributed by atoms with Gasteiger partial charge in [-0.15, -0.1) is 11.3 Å². The maximum Gasteiger partial charge on any atom is 0.264 e. The number of amides is 1. The number of thiophene rings is 1. The van der Waals surface area contributed by atoms with Crippen LogP contribution < -0.4 is 10.1 Å². The molecule has 0 saturated carbocycles. The Morgan fingerprint density at radius 3 is 3.22 bits per heavy atom. The van der Waals surface area contributed by atoms with Crippen LogP contribution in [0, 0.1) is 0 Å². The first-order valence-electron chi connectivity index (χ1n) is 5.92. The summed E-state index contributed by atoms with van der Waals surface area (Å²) in [6.45, 7) is 2.65. The quantitative estimate of drug-likeness (QED) is 0.880. The van der Waals surface area contributed by atoms with Crippen LogP contribution in [0.2, 0.25) is 0 Å². The van der Waals surface area contributed by atoms with Crippen molar-refractivity contribution in [1.82, 2.24) is 10.2 Å². The summed E-state index contributed by atoms with van der Waals surface area (Å²) in [5.74, 6) is 0.802. The van der Waals surface area contributed by atoms with Crippen molar-refractivity contribution in [2.24, 2.45) is 0 Å². The van der Waals surface area contributed by atoms with E-state index in [2.05, 4.69) is 5.32 Å². The van der Waals surface area contributed by atoms with Gasteiger partial charge >= 0.3 is 0 Å². The first kappa shape index (κ1) is 13.3. The normalized spacial score (nSPS) is 19.9. The number of hydrogen-bond acceptors (Lipinski definition) is 5. The topological polar surface area (TPSA) is 50.8 Å². The second kappa shape index (κ2) is 6.17. The standard InChI is InChI=1S/C12H18N2O3S/c1-13-6-10-7-14(3-4-17-10)12(15)11-5-9(16-2)8-18-11/h5,8,10,13H,3-4,6-7H2,1-2H3. The summed E-state index contributed by atoms with van der Waals surface area (Å²) in [7, 11) is 3.49. The minimum absolute atomic E-state index is 0.0627. The lowest BCUT2D eigenvalue weighted by molar-refractivity contribution is -0.0194. The van der Waals surface area contributed by atoms with E-state index < -0.39 is 0 Å². The van der Waals surface area contributed by atoms with E-state index >= 15 is 0 Å². The lowest BCUT2D eigenvalue weighted by atomic mass is 10.2. The lowest BCUT2D eigenvalue weighted by Crippen LogP contribution is -2.48. The molecule has 1 N–H and O–H groups in total. The molecule has 2 rings (SSSR count). The summed E-state index contributed by atoms with van der Waals surface area (Å²) in [5, 5.41) is 4.92. The van der Waals surface area contributed by atoms with E-state index in [1.54, 1.807) is 13.2 Å². The average Bonchev–Trinajstić information content (AvgIpc) is 2.87. The molecule has 1 unspecified atom stereocenters. The van der Waals surface area contributed by atoms with Gasteiger partial charge in [-0.2, -0.15) is 0 Å². The predicted molar refractivity (Wildman–Crippen MR) is 70.4 cm³/mol. The molecule has 0 spiro atoms. The number of methoxy groups -OCH3 is 1. The first-order chi connectivity index (χ1) is 8.74. The molecular weight excluding hydrogens is 252 g/mol. The van der Waals surface area contributed by atoms with E-state index in [1.807, 2.05) is 17.3 Å². The smallest absolute Gasteiger partial charge is 0.264 e. The largest absolute Gasteiger partial charge is 0.496 e. The van der Waals surface area contributed by atoms with Gasteiger partial charge in [0.2, 0.25) is 0 Å². The van der Waals surface area contributed by atoms with Crippen molar-refractivity contribution in [2.75, 3.05) is 40.4 Å². The van der Waals surface area contributed by atoms with Gasteiger partial charge in [0.1, 0.15) is 5.75 Å². The maximum atomic E-state index is 12.3. The number of likely N-dealkylation sites (N-methyl/N-ethyl adjacent to an activating group) is 1. The van der Waals surface area contributed by atoms with Gasteiger partial charge in [0.05, 0.1) is 24.7 Å². The minimum Gasteiger partial charge on any atom is -0.496 e. The zero-order valence-corrected chi connectivity index (χ0v) is 11.5. The van der Waals surface area contributed by atoms with Crippen LogP contribution >= 0.6 is 11.3 Å². The van der Waals surface area contributed by atoms with E-state index in [0.29, 0.717) is 19.7 Å². The number of nitrogens with one attached hydrogen (secondary N) is 1. The van der Waals surface area contributed by atoms with E-state index in [9.17, 15) is 4.79 Å². The van der Waals surface area contributed by atoms with Gasteiger partial charge in [-0.25, -0.2) is 0 Å². The monoisotopic (exact) mass is 270 g/mol. The molecular formula is C12H18N2O3S. The predicted octanol–water partition coefficient (Wildman–Crippen LogP) is 0.817. The fourth-order valence-electron chi connectivity index (χ4n) is 1.95. The summed E-state index contributed by atoms with van der Waals surface area (Å²) in [6.07, 6.45) is 0.0783. The Labute approximate surface area is 111 Å². The Morgan fingerprint density at radius 2 is 2.56 bits per heavy atom. The van der Waals surface area contributed by atoms with Crippen molar-refractivity contribution in [3.05, 3.63) is 16.3 Å². The SMILES string of the molecule is CNCC1CN(C(=O)c2cc(OC)cs2)CCO1. The zero-order valence-electron chi connectivity index (χ0n) is 10.6. The summed E-state index contributed by atoms with van der Waals surface area (Å²) < 4.78 is 10.7.